The molecule has 0 aliphatic heterocycles. The molecule has 154 valence electrons. The van der Waals surface area contributed by atoms with Gasteiger partial charge in [0.1, 0.15) is 5.82 Å². The number of hydrogen-bond donors (Lipinski definition) is 2. The number of nitrogens with one attached hydrogen (secondary N) is 2. The Hall–Kier alpha value is -1.88. The largest absolute Gasteiger partial charge is 0.416 e. The van der Waals surface area contributed by atoms with E-state index in [1.807, 2.05) is 0 Å². The second kappa shape index (κ2) is 11.2. The van der Waals surface area contributed by atoms with Gasteiger partial charge in [-0.15, -0.1) is 24.0 Å². The first kappa shape index (κ1) is 24.2. The SMILES string of the molecule is CN=C(NCc1ccc(C(F)(F)F)cc1)NCc1ccc(F)c(COC)c1.I. The van der Waals surface area contributed by atoms with Crippen molar-refractivity contribution < 1.29 is 22.3 Å². The van der Waals surface area contributed by atoms with Crippen molar-refractivity contribution in [1.82, 2.24) is 10.6 Å². The second-order valence-electron chi connectivity index (χ2n) is 5.83. The molecule has 0 aliphatic rings. The molecule has 4 nitrogen and oxygen atoms in total. The highest BCUT2D eigenvalue weighted by atomic mass is 127. The zero-order chi connectivity index (χ0) is 19.9. The van der Waals surface area contributed by atoms with Gasteiger partial charge in [-0.2, -0.15) is 13.2 Å². The Morgan fingerprint density at radius 3 is 2.11 bits per heavy atom. The van der Waals surface area contributed by atoms with Crippen molar-refractivity contribution >= 4 is 29.9 Å². The number of aliphatic imine (C=N–C) groups is 1. The average molecular weight is 511 g/mol. The van der Waals surface area contributed by atoms with Gasteiger partial charge < -0.3 is 15.4 Å². The Labute approximate surface area is 178 Å². The van der Waals surface area contributed by atoms with E-state index in [0.29, 0.717) is 30.2 Å². The Balaban J connectivity index is 0.00000392. The number of nitrogens with zero attached hydrogens (tertiary/aromatic N) is 1. The maximum atomic E-state index is 13.6. The fourth-order valence-electron chi connectivity index (χ4n) is 2.41. The standard InChI is InChI=1S/C19H21F4N3O.HI/c1-24-18(25-10-13-3-6-16(7-4-13)19(21,22)23)26-11-14-5-8-17(20)15(9-14)12-27-2;/h3-9H,10-12H2,1-2H3,(H2,24,25,26);1H. The zero-order valence-corrected chi connectivity index (χ0v) is 17.8. The summed E-state index contributed by atoms with van der Waals surface area (Å²) in [5.41, 5.74) is 1.32. The number of benzene rings is 2. The van der Waals surface area contributed by atoms with E-state index in [-0.39, 0.29) is 36.4 Å². The average Bonchev–Trinajstić information content (AvgIpc) is 2.64. The van der Waals surface area contributed by atoms with Crippen LogP contribution >= 0.6 is 24.0 Å². The molecule has 0 aromatic heterocycles. The van der Waals surface area contributed by atoms with Gasteiger partial charge in [-0.05, 0) is 35.4 Å². The minimum Gasteiger partial charge on any atom is -0.380 e. The minimum atomic E-state index is -4.35. The lowest BCUT2D eigenvalue weighted by atomic mass is 10.1. The summed E-state index contributed by atoms with van der Waals surface area (Å²) in [6, 6.07) is 9.66. The van der Waals surface area contributed by atoms with Gasteiger partial charge in [0.25, 0.3) is 0 Å². The topological polar surface area (TPSA) is 45.7 Å². The molecule has 2 aromatic carbocycles. The lowest BCUT2D eigenvalue weighted by molar-refractivity contribution is -0.137. The third-order valence-electron chi connectivity index (χ3n) is 3.83. The van der Waals surface area contributed by atoms with Gasteiger partial charge in [0, 0.05) is 32.8 Å². The number of hydrogen-bond acceptors (Lipinski definition) is 2. The van der Waals surface area contributed by atoms with Crippen molar-refractivity contribution in [3.8, 4) is 0 Å². The van der Waals surface area contributed by atoms with E-state index >= 15 is 0 Å². The van der Waals surface area contributed by atoms with Crippen molar-refractivity contribution in [1.29, 1.82) is 0 Å². The molecule has 0 bridgehead atoms. The lowest BCUT2D eigenvalue weighted by Crippen LogP contribution is -2.36. The molecule has 9 heteroatoms. The van der Waals surface area contributed by atoms with Crippen molar-refractivity contribution in [3.05, 3.63) is 70.5 Å². The van der Waals surface area contributed by atoms with E-state index in [0.717, 1.165) is 17.7 Å². The van der Waals surface area contributed by atoms with Crippen molar-refractivity contribution in [2.75, 3.05) is 14.2 Å². The quantitative estimate of drug-likeness (QED) is 0.261. The summed E-state index contributed by atoms with van der Waals surface area (Å²) >= 11 is 0. The summed E-state index contributed by atoms with van der Waals surface area (Å²) in [5.74, 6) is 0.151. The fourth-order valence-corrected chi connectivity index (χ4v) is 2.41. The minimum absolute atomic E-state index is 0. The van der Waals surface area contributed by atoms with E-state index in [1.165, 1.54) is 25.3 Å². The highest BCUT2D eigenvalue weighted by Crippen LogP contribution is 2.29. The molecule has 0 atom stereocenters. The molecule has 0 unspecified atom stereocenters. The van der Waals surface area contributed by atoms with Crippen LogP contribution in [0.5, 0.6) is 0 Å². The number of guanidine groups is 1. The Kier molecular flexibility index (Phi) is 9.66. The van der Waals surface area contributed by atoms with Crippen LogP contribution in [0.1, 0.15) is 22.3 Å². The third-order valence-corrected chi connectivity index (χ3v) is 3.83. The summed E-state index contributed by atoms with van der Waals surface area (Å²) in [7, 11) is 3.08. The molecule has 0 saturated carbocycles. The highest BCUT2D eigenvalue weighted by molar-refractivity contribution is 14.0. The normalized spacial score (nSPS) is 11.7. The van der Waals surface area contributed by atoms with Gasteiger partial charge in [0.05, 0.1) is 12.2 Å². The van der Waals surface area contributed by atoms with Crippen molar-refractivity contribution in [3.63, 3.8) is 0 Å². The van der Waals surface area contributed by atoms with Crippen LogP contribution in [0.15, 0.2) is 47.5 Å². The Bertz CT molecular complexity index is 780. The molecule has 0 fully saturated rings. The van der Waals surface area contributed by atoms with Gasteiger partial charge in [-0.1, -0.05) is 18.2 Å². The first-order chi connectivity index (χ1) is 12.8. The smallest absolute Gasteiger partial charge is 0.380 e. The van der Waals surface area contributed by atoms with E-state index in [1.54, 1.807) is 19.2 Å². The van der Waals surface area contributed by atoms with Crippen LogP contribution in [-0.4, -0.2) is 20.1 Å². The molecule has 0 amide bonds. The maximum Gasteiger partial charge on any atom is 0.416 e. The molecule has 2 rings (SSSR count). The van der Waals surface area contributed by atoms with Crippen LogP contribution in [0.25, 0.3) is 0 Å². The van der Waals surface area contributed by atoms with Crippen LogP contribution < -0.4 is 10.6 Å². The van der Waals surface area contributed by atoms with E-state index in [2.05, 4.69) is 15.6 Å². The number of ether oxygens (including phenoxy) is 1. The van der Waals surface area contributed by atoms with Gasteiger partial charge in [-0.25, -0.2) is 4.39 Å². The molecular weight excluding hydrogens is 489 g/mol. The predicted octanol–water partition coefficient (Wildman–Crippen LogP) is 4.47. The summed E-state index contributed by atoms with van der Waals surface area (Å²) in [4.78, 5) is 4.07. The van der Waals surface area contributed by atoms with Crippen molar-refractivity contribution in [2.45, 2.75) is 25.9 Å². The summed E-state index contributed by atoms with van der Waals surface area (Å²) < 4.78 is 56.3. The monoisotopic (exact) mass is 511 g/mol. The Morgan fingerprint density at radius 1 is 1.00 bits per heavy atom. The molecular formula is C19H22F4IN3O. The lowest BCUT2D eigenvalue weighted by Gasteiger charge is -2.13. The van der Waals surface area contributed by atoms with E-state index < -0.39 is 11.7 Å². The van der Waals surface area contributed by atoms with Crippen LogP contribution in [0.4, 0.5) is 17.6 Å². The zero-order valence-electron chi connectivity index (χ0n) is 15.4. The Morgan fingerprint density at radius 2 is 1.57 bits per heavy atom. The van der Waals surface area contributed by atoms with Gasteiger partial charge >= 0.3 is 6.18 Å². The molecule has 28 heavy (non-hydrogen) atoms. The van der Waals surface area contributed by atoms with Crippen LogP contribution in [0.2, 0.25) is 0 Å². The fraction of sp³-hybridized carbons (Fsp3) is 0.316. The van der Waals surface area contributed by atoms with Gasteiger partial charge in [0.15, 0.2) is 5.96 Å². The number of rotatable bonds is 6. The predicted molar refractivity (Wildman–Crippen MR) is 111 cm³/mol. The molecule has 0 saturated heterocycles. The molecule has 0 spiro atoms. The van der Waals surface area contributed by atoms with Crippen LogP contribution in [0.3, 0.4) is 0 Å². The van der Waals surface area contributed by atoms with Gasteiger partial charge in [-0.3, -0.25) is 4.99 Å². The van der Waals surface area contributed by atoms with Gasteiger partial charge in [0.2, 0.25) is 0 Å². The van der Waals surface area contributed by atoms with Crippen LogP contribution in [0, 0.1) is 5.82 Å². The van der Waals surface area contributed by atoms with Crippen molar-refractivity contribution in [2.24, 2.45) is 4.99 Å². The summed E-state index contributed by atoms with van der Waals surface area (Å²) in [6.45, 7) is 0.903. The molecule has 0 heterocycles. The summed E-state index contributed by atoms with van der Waals surface area (Å²) in [5, 5.41) is 6.10. The number of methoxy groups -OCH3 is 1. The highest BCUT2D eigenvalue weighted by Gasteiger charge is 2.29. The molecule has 0 radical (unpaired) electrons. The first-order valence-corrected chi connectivity index (χ1v) is 8.20. The van der Waals surface area contributed by atoms with Crippen LogP contribution in [-0.2, 0) is 30.6 Å². The molecule has 2 N–H and O–H groups in total. The van der Waals surface area contributed by atoms with E-state index in [4.69, 9.17) is 4.74 Å². The third kappa shape index (κ3) is 7.27. The molecule has 2 aromatic rings. The maximum absolute atomic E-state index is 13.6. The summed E-state index contributed by atoms with van der Waals surface area (Å²) in [6.07, 6.45) is -4.35. The van der Waals surface area contributed by atoms with E-state index in [9.17, 15) is 17.6 Å². The first-order valence-electron chi connectivity index (χ1n) is 8.20. The number of halogens is 5. The molecule has 0 aliphatic carbocycles. The number of alkyl halides is 3. The second-order valence-corrected chi connectivity index (χ2v) is 5.83.